The summed E-state index contributed by atoms with van der Waals surface area (Å²) < 4.78 is 58.3. The molecular formula is C35H48N10O12S2. The minimum absolute atomic E-state index is 0.00756. The second-order valence-corrected chi connectivity index (χ2v) is 16.7. The first-order chi connectivity index (χ1) is 27.0. The van der Waals surface area contributed by atoms with Crippen LogP contribution in [0.4, 0.5) is 23.5 Å². The van der Waals surface area contributed by atoms with Crippen LogP contribution in [0.3, 0.4) is 0 Å². The Hall–Kier alpha value is -6.21. The summed E-state index contributed by atoms with van der Waals surface area (Å²) in [6, 6.07) is 6.23. The topological polar surface area (TPSA) is 406 Å². The average molecular weight is 865 g/mol. The molecule has 0 saturated carbocycles. The van der Waals surface area contributed by atoms with E-state index in [0.717, 1.165) is 18.1 Å². The minimum atomic E-state index is -3.87. The molecule has 2 aromatic carbocycles. The zero-order valence-corrected chi connectivity index (χ0v) is 34.8. The SMILES string of the molecule is CC(=O)CC(O)(CC(=O)O)C(=O)O.Cc1cc(C(C)C)c(Oc2cnc(N)nc2N)cc1S(N)(=O)=O.Cc1cc(C(C)C)c(Oc2cnc(N)nc2N)cc1S(N)(=O)=O. The molecule has 22 nitrogen and oxygen atoms in total. The molecule has 4 aromatic rings. The molecular weight excluding hydrogens is 817 g/mol. The van der Waals surface area contributed by atoms with Crippen molar-refractivity contribution in [2.45, 2.75) is 88.5 Å². The summed E-state index contributed by atoms with van der Waals surface area (Å²) in [5, 5.41) is 36.5. The van der Waals surface area contributed by atoms with Gasteiger partial charge < -0.3 is 47.7 Å². The summed E-state index contributed by atoms with van der Waals surface area (Å²) in [6.45, 7) is 12.3. The average Bonchev–Trinajstić information content (AvgIpc) is 3.07. The van der Waals surface area contributed by atoms with Crippen LogP contribution in [0, 0.1) is 13.8 Å². The normalized spacial score (nSPS) is 12.3. The molecule has 0 aliphatic carbocycles. The van der Waals surface area contributed by atoms with E-state index in [1.54, 1.807) is 26.0 Å². The van der Waals surface area contributed by atoms with Gasteiger partial charge in [0, 0.05) is 18.6 Å². The number of aromatic nitrogens is 4. The number of anilines is 4. The van der Waals surface area contributed by atoms with Gasteiger partial charge in [0.25, 0.3) is 0 Å². The monoisotopic (exact) mass is 864 g/mol. The van der Waals surface area contributed by atoms with Crippen molar-refractivity contribution in [3.63, 3.8) is 0 Å². The predicted molar refractivity (Wildman–Crippen MR) is 215 cm³/mol. The van der Waals surface area contributed by atoms with Crippen molar-refractivity contribution in [1.29, 1.82) is 0 Å². The zero-order chi connectivity index (χ0) is 45.4. The molecule has 4 rings (SSSR count). The Balaban J connectivity index is 0.000000319. The maximum atomic E-state index is 11.7. The quantitative estimate of drug-likeness (QED) is 0.0930. The number of ketones is 1. The van der Waals surface area contributed by atoms with Crippen molar-refractivity contribution in [1.82, 2.24) is 19.9 Å². The third-order valence-electron chi connectivity index (χ3n) is 7.90. The highest BCUT2D eigenvalue weighted by Gasteiger charge is 2.39. The molecule has 322 valence electrons. The van der Waals surface area contributed by atoms with E-state index in [2.05, 4.69) is 19.9 Å². The van der Waals surface area contributed by atoms with Crippen molar-refractivity contribution in [2.24, 2.45) is 10.3 Å². The van der Waals surface area contributed by atoms with Crippen LogP contribution < -0.4 is 42.7 Å². The summed E-state index contributed by atoms with van der Waals surface area (Å²) in [5.41, 5.74) is 22.6. The van der Waals surface area contributed by atoms with Crippen molar-refractivity contribution < 1.29 is 56.0 Å². The number of rotatable bonds is 13. The van der Waals surface area contributed by atoms with E-state index in [-0.39, 0.29) is 56.7 Å². The second kappa shape index (κ2) is 19.5. The number of hydrogen-bond donors (Lipinski definition) is 9. The van der Waals surface area contributed by atoms with Crippen LogP contribution in [0.5, 0.6) is 23.0 Å². The van der Waals surface area contributed by atoms with Gasteiger partial charge in [-0.1, -0.05) is 39.8 Å². The van der Waals surface area contributed by atoms with Crippen LogP contribution in [-0.4, -0.2) is 75.4 Å². The maximum Gasteiger partial charge on any atom is 0.336 e. The number of nitrogens with two attached hydrogens (primary N) is 6. The molecule has 59 heavy (non-hydrogen) atoms. The predicted octanol–water partition coefficient (Wildman–Crippen LogP) is 2.28. The molecule has 0 bridgehead atoms. The summed E-state index contributed by atoms with van der Waals surface area (Å²) in [6.07, 6.45) is 0.979. The molecule has 24 heteroatoms. The fourth-order valence-corrected chi connectivity index (χ4v) is 6.70. The van der Waals surface area contributed by atoms with Gasteiger partial charge in [-0.3, -0.25) is 9.59 Å². The van der Waals surface area contributed by atoms with Gasteiger partial charge in [-0.05, 0) is 54.9 Å². The summed E-state index contributed by atoms with van der Waals surface area (Å²) in [7, 11) is -7.74. The van der Waals surface area contributed by atoms with Crippen molar-refractivity contribution in [3.8, 4) is 23.0 Å². The minimum Gasteiger partial charge on any atom is -0.481 e. The Kier molecular flexibility index (Phi) is 16.2. The van der Waals surface area contributed by atoms with Gasteiger partial charge in [-0.15, -0.1) is 0 Å². The number of benzene rings is 2. The number of aliphatic hydroxyl groups is 1. The lowest BCUT2D eigenvalue weighted by atomic mass is 9.94. The van der Waals surface area contributed by atoms with E-state index in [9.17, 15) is 36.3 Å². The van der Waals surface area contributed by atoms with E-state index in [1.807, 2.05) is 27.7 Å². The van der Waals surface area contributed by atoms with E-state index in [1.165, 1.54) is 24.5 Å². The summed E-state index contributed by atoms with van der Waals surface area (Å²) in [5.74, 6) is -2.37. The first kappa shape index (κ1) is 48.9. The Bertz CT molecular complexity index is 2290. The fourth-order valence-electron chi connectivity index (χ4n) is 5.14. The number of carbonyl (C=O) groups is 3. The molecule has 1 atom stereocenters. The van der Waals surface area contributed by atoms with Crippen molar-refractivity contribution in [2.75, 3.05) is 22.9 Å². The molecule has 2 heterocycles. The van der Waals surface area contributed by atoms with E-state index in [4.69, 9.17) is 52.9 Å². The Labute approximate surface area is 340 Å². The Morgan fingerprint density at radius 2 is 1.03 bits per heavy atom. The van der Waals surface area contributed by atoms with Crippen LogP contribution in [0.15, 0.2) is 46.5 Å². The standard InChI is InChI=1S/2C14H19N5O3S.C7H10O6/c2*1-7(2)9-4-8(3)12(23(17,20)21)5-10(9)22-11-6-18-14(16)19-13(11)15;1-4(8)2-7(13,6(11)12)3-5(9)10/h2*4-7H,1-3H3,(H2,17,20,21)(H4,15,16,18,19);13H,2-3H2,1H3,(H,9,10)(H,11,12). The molecule has 1 unspecified atom stereocenters. The molecule has 0 spiro atoms. The van der Waals surface area contributed by atoms with Crippen LogP contribution in [-0.2, 0) is 34.4 Å². The Morgan fingerprint density at radius 3 is 1.29 bits per heavy atom. The number of ether oxygens (including phenoxy) is 2. The first-order valence-corrected chi connectivity index (χ1v) is 20.2. The van der Waals surface area contributed by atoms with Gasteiger partial charge in [0.15, 0.2) is 28.7 Å². The summed E-state index contributed by atoms with van der Waals surface area (Å²) in [4.78, 5) is 46.4. The number of Topliss-reactive ketones (excluding diaryl/α,β-unsaturated/α-hetero) is 1. The Morgan fingerprint density at radius 1 is 0.678 bits per heavy atom. The number of sulfonamides is 2. The molecule has 0 amide bonds. The lowest BCUT2D eigenvalue weighted by molar-refractivity contribution is -0.167. The van der Waals surface area contributed by atoms with Gasteiger partial charge in [-0.25, -0.2) is 41.9 Å². The van der Waals surface area contributed by atoms with Crippen molar-refractivity contribution in [3.05, 3.63) is 58.9 Å². The van der Waals surface area contributed by atoms with Crippen molar-refractivity contribution >= 4 is 61.3 Å². The van der Waals surface area contributed by atoms with E-state index >= 15 is 0 Å². The molecule has 0 aliphatic heterocycles. The molecule has 0 saturated heterocycles. The number of aliphatic carboxylic acids is 2. The number of primary sulfonamides is 2. The number of hydrogen-bond acceptors (Lipinski definition) is 18. The fraction of sp³-hybridized carbons (Fsp3) is 0.343. The van der Waals surface area contributed by atoms with E-state index in [0.29, 0.717) is 22.6 Å². The second-order valence-electron chi connectivity index (χ2n) is 13.7. The van der Waals surface area contributed by atoms with E-state index < -0.39 is 56.2 Å². The number of nitrogens with zero attached hydrogens (tertiary/aromatic N) is 4. The van der Waals surface area contributed by atoms with Gasteiger partial charge in [0.1, 0.15) is 17.3 Å². The number of carboxylic acid groups (broad SMARTS) is 2. The van der Waals surface area contributed by atoms with Crippen LogP contribution in [0.1, 0.15) is 81.5 Å². The maximum absolute atomic E-state index is 11.7. The van der Waals surface area contributed by atoms with Crippen LogP contribution >= 0.6 is 0 Å². The largest absolute Gasteiger partial charge is 0.481 e. The highest BCUT2D eigenvalue weighted by molar-refractivity contribution is 7.89. The third kappa shape index (κ3) is 14.0. The number of aryl methyl sites for hydroxylation is 2. The lowest BCUT2D eigenvalue weighted by Gasteiger charge is -2.19. The summed E-state index contributed by atoms with van der Waals surface area (Å²) >= 11 is 0. The lowest BCUT2D eigenvalue weighted by Crippen LogP contribution is -2.42. The number of nitrogen functional groups attached to an aromatic ring is 4. The van der Waals surface area contributed by atoms with Gasteiger partial charge in [-0.2, -0.15) is 9.97 Å². The molecule has 2 aromatic heterocycles. The first-order valence-electron chi connectivity index (χ1n) is 17.1. The third-order valence-corrected chi connectivity index (χ3v) is 10.0. The van der Waals surface area contributed by atoms with Gasteiger partial charge in [0.05, 0.1) is 28.6 Å². The van der Waals surface area contributed by atoms with Crippen LogP contribution in [0.2, 0.25) is 0 Å². The van der Waals surface area contributed by atoms with Gasteiger partial charge in [0.2, 0.25) is 31.9 Å². The molecule has 15 N–H and O–H groups in total. The van der Waals surface area contributed by atoms with Crippen LogP contribution in [0.25, 0.3) is 0 Å². The highest BCUT2D eigenvalue weighted by atomic mass is 32.2. The highest BCUT2D eigenvalue weighted by Crippen LogP contribution is 2.37. The smallest absolute Gasteiger partial charge is 0.336 e. The molecule has 0 radical (unpaired) electrons. The number of carboxylic acids is 2. The molecule has 0 aliphatic rings. The zero-order valence-electron chi connectivity index (χ0n) is 33.1. The number of carbonyl (C=O) groups excluding carboxylic acids is 1. The molecule has 0 fully saturated rings. The van der Waals surface area contributed by atoms with Gasteiger partial charge >= 0.3 is 11.9 Å².